The SMILES string of the molecule is Cc1cc(C)c(C(=O)CSc2nc3ccccc3n2-c2ccccc2)c(C)c1. The van der Waals surface area contributed by atoms with E-state index in [4.69, 9.17) is 4.98 Å². The average Bonchev–Trinajstić information content (AvgIpc) is 3.04. The molecule has 0 saturated heterocycles. The van der Waals surface area contributed by atoms with Gasteiger partial charge in [-0.25, -0.2) is 4.98 Å². The molecule has 0 saturated carbocycles. The molecular formula is C24H22N2OS. The molecule has 0 bridgehead atoms. The third-order valence-electron chi connectivity index (χ3n) is 4.83. The number of aryl methyl sites for hydroxylation is 3. The molecule has 0 unspecified atom stereocenters. The van der Waals surface area contributed by atoms with E-state index in [1.54, 1.807) is 0 Å². The number of carbonyl (C=O) groups is 1. The number of hydrogen-bond donors (Lipinski definition) is 0. The lowest BCUT2D eigenvalue weighted by molar-refractivity contribution is 0.102. The number of Topliss-reactive ketones (excluding diaryl/α,β-unsaturated/α-hetero) is 1. The average molecular weight is 387 g/mol. The lowest BCUT2D eigenvalue weighted by atomic mass is 9.97. The van der Waals surface area contributed by atoms with Crippen LogP contribution in [0.25, 0.3) is 16.7 Å². The fourth-order valence-electron chi connectivity index (χ4n) is 3.75. The predicted octanol–water partition coefficient (Wildman–Crippen LogP) is 5.93. The zero-order valence-electron chi connectivity index (χ0n) is 16.3. The highest BCUT2D eigenvalue weighted by Crippen LogP contribution is 2.29. The molecule has 140 valence electrons. The quantitative estimate of drug-likeness (QED) is 0.315. The summed E-state index contributed by atoms with van der Waals surface area (Å²) in [7, 11) is 0. The van der Waals surface area contributed by atoms with Gasteiger partial charge in [0.1, 0.15) is 0 Å². The van der Waals surface area contributed by atoms with Crippen molar-refractivity contribution in [2.45, 2.75) is 25.9 Å². The molecule has 0 N–H and O–H groups in total. The minimum absolute atomic E-state index is 0.145. The maximum absolute atomic E-state index is 13.0. The molecule has 28 heavy (non-hydrogen) atoms. The van der Waals surface area contributed by atoms with E-state index in [1.807, 2.05) is 50.2 Å². The molecule has 0 fully saturated rings. The number of fused-ring (bicyclic) bond motifs is 1. The van der Waals surface area contributed by atoms with E-state index in [0.29, 0.717) is 5.75 Å². The summed E-state index contributed by atoms with van der Waals surface area (Å²) < 4.78 is 2.13. The van der Waals surface area contributed by atoms with Crippen molar-refractivity contribution in [3.05, 3.63) is 89.0 Å². The first-order valence-electron chi connectivity index (χ1n) is 9.31. The van der Waals surface area contributed by atoms with Crippen LogP contribution in [0.4, 0.5) is 0 Å². The predicted molar refractivity (Wildman–Crippen MR) is 117 cm³/mol. The zero-order chi connectivity index (χ0) is 19.7. The van der Waals surface area contributed by atoms with Crippen LogP contribution in [0.1, 0.15) is 27.0 Å². The molecule has 1 heterocycles. The third-order valence-corrected chi connectivity index (χ3v) is 5.77. The van der Waals surface area contributed by atoms with E-state index in [2.05, 4.69) is 41.8 Å². The van der Waals surface area contributed by atoms with Crippen LogP contribution in [0.2, 0.25) is 0 Å². The summed E-state index contributed by atoms with van der Waals surface area (Å²) in [5.74, 6) is 0.507. The Morgan fingerprint density at radius 1 is 0.929 bits per heavy atom. The number of ketones is 1. The molecule has 3 aromatic carbocycles. The molecular weight excluding hydrogens is 364 g/mol. The lowest BCUT2D eigenvalue weighted by Gasteiger charge is -2.11. The molecule has 4 aromatic rings. The van der Waals surface area contributed by atoms with Crippen LogP contribution in [0, 0.1) is 20.8 Å². The minimum Gasteiger partial charge on any atom is -0.293 e. The van der Waals surface area contributed by atoms with Gasteiger partial charge in [0.2, 0.25) is 0 Å². The molecule has 0 radical (unpaired) electrons. The largest absolute Gasteiger partial charge is 0.293 e. The van der Waals surface area contributed by atoms with Gasteiger partial charge in [0.25, 0.3) is 0 Å². The Morgan fingerprint density at radius 2 is 1.57 bits per heavy atom. The van der Waals surface area contributed by atoms with Gasteiger partial charge in [-0.3, -0.25) is 9.36 Å². The second kappa shape index (κ2) is 7.64. The summed E-state index contributed by atoms with van der Waals surface area (Å²) in [6.45, 7) is 6.08. The van der Waals surface area contributed by atoms with Crippen LogP contribution in [-0.4, -0.2) is 21.1 Å². The first kappa shape index (κ1) is 18.5. The van der Waals surface area contributed by atoms with Crippen LogP contribution >= 0.6 is 11.8 Å². The highest BCUT2D eigenvalue weighted by atomic mass is 32.2. The normalized spacial score (nSPS) is 11.1. The van der Waals surface area contributed by atoms with Gasteiger partial charge in [-0.2, -0.15) is 0 Å². The molecule has 0 aliphatic rings. The smallest absolute Gasteiger partial charge is 0.174 e. The molecule has 3 nitrogen and oxygen atoms in total. The van der Waals surface area contributed by atoms with E-state index in [9.17, 15) is 4.79 Å². The summed E-state index contributed by atoms with van der Waals surface area (Å²) in [6, 6.07) is 22.4. The van der Waals surface area contributed by atoms with Crippen LogP contribution in [-0.2, 0) is 0 Å². The van der Waals surface area contributed by atoms with Crippen molar-refractivity contribution in [3.8, 4) is 5.69 Å². The number of imidazole rings is 1. The minimum atomic E-state index is 0.145. The molecule has 0 aliphatic heterocycles. The molecule has 0 aliphatic carbocycles. The molecule has 0 spiro atoms. The maximum Gasteiger partial charge on any atom is 0.174 e. The van der Waals surface area contributed by atoms with Gasteiger partial charge < -0.3 is 0 Å². The van der Waals surface area contributed by atoms with Crippen molar-refractivity contribution in [2.24, 2.45) is 0 Å². The molecule has 0 amide bonds. The molecule has 4 rings (SSSR count). The number of aromatic nitrogens is 2. The Balaban J connectivity index is 1.69. The zero-order valence-corrected chi connectivity index (χ0v) is 17.1. The van der Waals surface area contributed by atoms with E-state index in [0.717, 1.165) is 38.6 Å². The monoisotopic (exact) mass is 386 g/mol. The maximum atomic E-state index is 13.0. The van der Waals surface area contributed by atoms with Crippen molar-refractivity contribution >= 4 is 28.6 Å². The Morgan fingerprint density at radius 3 is 2.29 bits per heavy atom. The van der Waals surface area contributed by atoms with Crippen molar-refractivity contribution in [1.82, 2.24) is 9.55 Å². The second-order valence-corrected chi connectivity index (χ2v) is 7.98. The third kappa shape index (κ3) is 3.48. The Kier molecular flexibility index (Phi) is 5.05. The molecule has 4 heteroatoms. The van der Waals surface area contributed by atoms with Crippen LogP contribution in [0.3, 0.4) is 0 Å². The lowest BCUT2D eigenvalue weighted by Crippen LogP contribution is -2.08. The molecule has 1 aromatic heterocycles. The number of benzene rings is 3. The van der Waals surface area contributed by atoms with Crippen molar-refractivity contribution in [2.75, 3.05) is 5.75 Å². The van der Waals surface area contributed by atoms with Gasteiger partial charge >= 0.3 is 0 Å². The van der Waals surface area contributed by atoms with Gasteiger partial charge in [0.05, 0.1) is 16.8 Å². The number of para-hydroxylation sites is 3. The van der Waals surface area contributed by atoms with Crippen LogP contribution < -0.4 is 0 Å². The summed E-state index contributed by atoms with van der Waals surface area (Å²) in [5, 5.41) is 0.836. The van der Waals surface area contributed by atoms with E-state index in [-0.39, 0.29) is 5.78 Å². The number of thioether (sulfide) groups is 1. The summed E-state index contributed by atoms with van der Waals surface area (Å²) in [5.41, 5.74) is 7.13. The fraction of sp³-hybridized carbons (Fsp3) is 0.167. The van der Waals surface area contributed by atoms with Gasteiger partial charge in [-0.05, 0) is 56.2 Å². The van der Waals surface area contributed by atoms with Gasteiger partial charge in [0, 0.05) is 11.3 Å². The van der Waals surface area contributed by atoms with Crippen LogP contribution in [0.15, 0.2) is 71.9 Å². The standard InChI is InChI=1S/C24H22N2OS/c1-16-13-17(2)23(18(3)14-16)22(27)15-28-24-25-20-11-7-8-12-21(20)26(24)19-9-5-4-6-10-19/h4-14H,15H2,1-3H3. The summed E-state index contributed by atoms with van der Waals surface area (Å²) >= 11 is 1.49. The van der Waals surface area contributed by atoms with E-state index in [1.165, 1.54) is 17.3 Å². The Bertz CT molecular complexity index is 1140. The fourth-order valence-corrected chi connectivity index (χ4v) is 4.65. The number of nitrogens with zero attached hydrogens (tertiary/aromatic N) is 2. The Labute approximate surface area is 169 Å². The van der Waals surface area contributed by atoms with E-state index < -0.39 is 0 Å². The Hall–Kier alpha value is -2.85. The highest BCUT2D eigenvalue weighted by Gasteiger charge is 2.17. The van der Waals surface area contributed by atoms with Gasteiger partial charge in [-0.1, -0.05) is 59.8 Å². The van der Waals surface area contributed by atoms with Gasteiger partial charge in [0.15, 0.2) is 10.9 Å². The first-order chi connectivity index (χ1) is 13.5. The molecule has 0 atom stereocenters. The van der Waals surface area contributed by atoms with Crippen molar-refractivity contribution < 1.29 is 4.79 Å². The number of rotatable bonds is 5. The topological polar surface area (TPSA) is 34.9 Å². The second-order valence-electron chi connectivity index (χ2n) is 7.04. The van der Waals surface area contributed by atoms with Crippen LogP contribution in [0.5, 0.6) is 0 Å². The highest BCUT2D eigenvalue weighted by molar-refractivity contribution is 7.99. The summed E-state index contributed by atoms with van der Waals surface area (Å²) in [4.78, 5) is 17.8. The summed E-state index contributed by atoms with van der Waals surface area (Å²) in [6.07, 6.45) is 0. The number of carbonyl (C=O) groups excluding carboxylic acids is 1. The van der Waals surface area contributed by atoms with Crippen molar-refractivity contribution in [3.63, 3.8) is 0 Å². The number of hydrogen-bond acceptors (Lipinski definition) is 3. The first-order valence-corrected chi connectivity index (χ1v) is 10.3. The van der Waals surface area contributed by atoms with E-state index >= 15 is 0 Å². The van der Waals surface area contributed by atoms with Gasteiger partial charge in [-0.15, -0.1) is 0 Å². The van der Waals surface area contributed by atoms with Crippen molar-refractivity contribution in [1.29, 1.82) is 0 Å².